The molecule has 0 spiro atoms. The third kappa shape index (κ3) is 2.80. The summed E-state index contributed by atoms with van der Waals surface area (Å²) in [5.41, 5.74) is 6.84. The molecule has 1 unspecified atom stereocenters. The lowest BCUT2D eigenvalue weighted by Gasteiger charge is -2.07. The maximum absolute atomic E-state index is 5.79. The number of aromatic nitrogens is 1. The van der Waals surface area contributed by atoms with E-state index in [1.165, 1.54) is 0 Å². The number of thiazole rings is 1. The van der Waals surface area contributed by atoms with Crippen LogP contribution in [0.1, 0.15) is 37.5 Å². The van der Waals surface area contributed by atoms with E-state index in [1.807, 2.05) is 33.1 Å². The van der Waals surface area contributed by atoms with Crippen LogP contribution in [-0.4, -0.2) is 10.8 Å². The van der Waals surface area contributed by atoms with Crippen molar-refractivity contribution in [2.45, 2.75) is 33.7 Å². The fourth-order valence-electron chi connectivity index (χ4n) is 0.992. The van der Waals surface area contributed by atoms with Crippen LogP contribution in [0.15, 0.2) is 10.4 Å². The Bertz CT molecular complexity index is 328. The zero-order valence-electron chi connectivity index (χ0n) is 9.11. The van der Waals surface area contributed by atoms with Crippen molar-refractivity contribution in [1.82, 2.24) is 4.98 Å². The Balaban J connectivity index is 2.76. The van der Waals surface area contributed by atoms with Gasteiger partial charge in [-0.3, -0.25) is 4.99 Å². The van der Waals surface area contributed by atoms with Gasteiger partial charge in [0.2, 0.25) is 0 Å². The molecule has 0 amide bonds. The molecule has 14 heavy (non-hydrogen) atoms. The minimum absolute atomic E-state index is 0.0797. The molecule has 78 valence electrons. The lowest BCUT2D eigenvalue weighted by Crippen LogP contribution is -2.19. The average molecular weight is 211 g/mol. The molecule has 0 saturated carbocycles. The summed E-state index contributed by atoms with van der Waals surface area (Å²) < 4.78 is 0. The van der Waals surface area contributed by atoms with Gasteiger partial charge in [-0.15, -0.1) is 11.3 Å². The maximum atomic E-state index is 5.79. The molecule has 0 fully saturated rings. The van der Waals surface area contributed by atoms with Crippen LogP contribution in [-0.2, 0) is 0 Å². The first-order valence-corrected chi connectivity index (χ1v) is 5.64. The van der Waals surface area contributed by atoms with Crippen molar-refractivity contribution in [3.63, 3.8) is 0 Å². The zero-order chi connectivity index (χ0) is 10.7. The molecule has 3 nitrogen and oxygen atoms in total. The van der Waals surface area contributed by atoms with Crippen LogP contribution in [0.25, 0.3) is 0 Å². The minimum Gasteiger partial charge on any atom is -0.387 e. The van der Waals surface area contributed by atoms with Crippen LogP contribution < -0.4 is 5.73 Å². The van der Waals surface area contributed by atoms with E-state index in [2.05, 4.69) is 9.98 Å². The molecule has 0 aromatic carbocycles. The predicted octanol–water partition coefficient (Wildman–Crippen LogP) is 2.53. The van der Waals surface area contributed by atoms with E-state index >= 15 is 0 Å². The second-order valence-electron chi connectivity index (χ2n) is 3.71. The SMILES string of the molecule is Cc1csc(C(C)N=C(N)C(C)C)n1. The molecule has 1 rings (SSSR count). The highest BCUT2D eigenvalue weighted by Crippen LogP contribution is 2.21. The fourth-order valence-corrected chi connectivity index (χ4v) is 1.78. The number of aryl methyl sites for hydroxylation is 1. The Morgan fingerprint density at radius 2 is 2.14 bits per heavy atom. The highest BCUT2D eigenvalue weighted by Gasteiger charge is 2.09. The number of nitrogens with two attached hydrogens (primary N) is 1. The van der Waals surface area contributed by atoms with E-state index in [1.54, 1.807) is 11.3 Å². The summed E-state index contributed by atoms with van der Waals surface area (Å²) in [7, 11) is 0. The largest absolute Gasteiger partial charge is 0.387 e. The summed E-state index contributed by atoms with van der Waals surface area (Å²) in [6, 6.07) is 0.0797. The van der Waals surface area contributed by atoms with Crippen molar-refractivity contribution < 1.29 is 0 Å². The van der Waals surface area contributed by atoms with Crippen LogP contribution in [0.3, 0.4) is 0 Å². The van der Waals surface area contributed by atoms with Gasteiger partial charge in [0.05, 0.1) is 5.84 Å². The van der Waals surface area contributed by atoms with Gasteiger partial charge in [0.15, 0.2) is 0 Å². The van der Waals surface area contributed by atoms with E-state index in [4.69, 9.17) is 5.73 Å². The van der Waals surface area contributed by atoms with E-state index < -0.39 is 0 Å². The van der Waals surface area contributed by atoms with Gasteiger partial charge in [-0.1, -0.05) is 13.8 Å². The zero-order valence-corrected chi connectivity index (χ0v) is 9.93. The Kier molecular flexibility index (Phi) is 3.63. The first-order valence-electron chi connectivity index (χ1n) is 4.76. The van der Waals surface area contributed by atoms with Gasteiger partial charge in [-0.05, 0) is 13.8 Å². The normalized spacial score (nSPS) is 14.8. The summed E-state index contributed by atoms with van der Waals surface area (Å²) in [6.07, 6.45) is 0. The van der Waals surface area contributed by atoms with Crippen molar-refractivity contribution in [3.8, 4) is 0 Å². The van der Waals surface area contributed by atoms with E-state index in [0.717, 1.165) is 10.7 Å². The standard InChI is InChI=1S/C10H17N3S/c1-6(2)9(11)13-8(4)10-12-7(3)5-14-10/h5-6,8H,1-4H3,(H2,11,13). The Labute approximate surface area is 89.1 Å². The van der Waals surface area contributed by atoms with E-state index in [-0.39, 0.29) is 6.04 Å². The molecule has 0 aliphatic carbocycles. The molecule has 4 heteroatoms. The van der Waals surface area contributed by atoms with Crippen molar-refractivity contribution in [2.24, 2.45) is 16.6 Å². The summed E-state index contributed by atoms with van der Waals surface area (Å²) >= 11 is 1.64. The molecule has 2 N–H and O–H groups in total. The third-order valence-corrected chi connectivity index (χ3v) is 3.06. The lowest BCUT2D eigenvalue weighted by atomic mass is 10.2. The summed E-state index contributed by atoms with van der Waals surface area (Å²) in [5, 5.41) is 3.07. The molecule has 1 atom stereocenters. The van der Waals surface area contributed by atoms with Crippen molar-refractivity contribution in [1.29, 1.82) is 0 Å². The van der Waals surface area contributed by atoms with E-state index in [0.29, 0.717) is 11.8 Å². The first-order chi connectivity index (χ1) is 6.50. The van der Waals surface area contributed by atoms with Crippen molar-refractivity contribution in [3.05, 3.63) is 16.1 Å². The highest BCUT2D eigenvalue weighted by atomic mass is 32.1. The van der Waals surface area contributed by atoms with Crippen molar-refractivity contribution in [2.75, 3.05) is 0 Å². The maximum Gasteiger partial charge on any atom is 0.117 e. The van der Waals surface area contributed by atoms with Gasteiger partial charge in [0.25, 0.3) is 0 Å². The van der Waals surface area contributed by atoms with Gasteiger partial charge in [0, 0.05) is 17.0 Å². The summed E-state index contributed by atoms with van der Waals surface area (Å²) in [4.78, 5) is 8.78. The number of amidine groups is 1. The number of nitrogens with zero attached hydrogens (tertiary/aromatic N) is 2. The molecule has 1 aromatic rings. The molecule has 1 heterocycles. The molecule has 0 radical (unpaired) electrons. The van der Waals surface area contributed by atoms with Gasteiger partial charge in [-0.25, -0.2) is 4.98 Å². The molecular weight excluding hydrogens is 194 g/mol. The van der Waals surface area contributed by atoms with Crippen molar-refractivity contribution >= 4 is 17.2 Å². The quantitative estimate of drug-likeness (QED) is 0.617. The van der Waals surface area contributed by atoms with Crippen LogP contribution in [0, 0.1) is 12.8 Å². The number of hydrogen-bond acceptors (Lipinski definition) is 3. The predicted molar refractivity (Wildman–Crippen MR) is 61.7 cm³/mol. The summed E-state index contributed by atoms with van der Waals surface area (Å²) in [5.74, 6) is 1.00. The van der Waals surface area contributed by atoms with Gasteiger partial charge in [0.1, 0.15) is 11.0 Å². The molecular formula is C10H17N3S. The Morgan fingerprint density at radius 1 is 1.50 bits per heavy atom. The lowest BCUT2D eigenvalue weighted by molar-refractivity contribution is 0.770. The molecule has 0 aliphatic heterocycles. The molecule has 0 bridgehead atoms. The van der Waals surface area contributed by atoms with Gasteiger partial charge < -0.3 is 5.73 Å². The number of aliphatic imine (C=N–C) groups is 1. The van der Waals surface area contributed by atoms with Crippen LogP contribution in [0.5, 0.6) is 0 Å². The van der Waals surface area contributed by atoms with Gasteiger partial charge in [-0.2, -0.15) is 0 Å². The number of hydrogen-bond donors (Lipinski definition) is 1. The highest BCUT2D eigenvalue weighted by molar-refractivity contribution is 7.09. The average Bonchev–Trinajstić information content (AvgIpc) is 2.51. The second kappa shape index (κ2) is 4.55. The number of rotatable bonds is 3. The Morgan fingerprint density at radius 3 is 2.57 bits per heavy atom. The fraction of sp³-hybridized carbons (Fsp3) is 0.600. The second-order valence-corrected chi connectivity index (χ2v) is 4.60. The first kappa shape index (κ1) is 11.2. The summed E-state index contributed by atoms with van der Waals surface area (Å²) in [6.45, 7) is 8.09. The molecule has 0 aliphatic rings. The van der Waals surface area contributed by atoms with Crippen LogP contribution in [0.2, 0.25) is 0 Å². The monoisotopic (exact) mass is 211 g/mol. The topological polar surface area (TPSA) is 51.3 Å². The smallest absolute Gasteiger partial charge is 0.117 e. The minimum atomic E-state index is 0.0797. The van der Waals surface area contributed by atoms with Crippen LogP contribution in [0.4, 0.5) is 0 Å². The Hall–Kier alpha value is -0.900. The molecule has 1 aromatic heterocycles. The van der Waals surface area contributed by atoms with Crippen LogP contribution >= 0.6 is 11.3 Å². The third-order valence-electron chi connectivity index (χ3n) is 1.93. The van der Waals surface area contributed by atoms with Gasteiger partial charge >= 0.3 is 0 Å². The molecule has 0 saturated heterocycles. The van der Waals surface area contributed by atoms with E-state index in [9.17, 15) is 0 Å².